The molecule has 2 aromatic heterocycles. The van der Waals surface area contributed by atoms with Crippen LogP contribution >= 0.6 is 9.24 Å². The molecule has 38 heavy (non-hydrogen) atoms. The summed E-state index contributed by atoms with van der Waals surface area (Å²) in [5.74, 6) is -0.773. The number of carbonyl (C=O) groups is 1. The fourth-order valence-electron chi connectivity index (χ4n) is 5.64. The topological polar surface area (TPSA) is 90.1 Å². The van der Waals surface area contributed by atoms with Crippen LogP contribution in [-0.2, 0) is 11.3 Å². The summed E-state index contributed by atoms with van der Waals surface area (Å²) in [5, 5.41) is 3.32. The van der Waals surface area contributed by atoms with Gasteiger partial charge in [-0.15, -0.1) is 9.24 Å². The standard InChI is InChI=1S/C29H35F2N4O2P/c1-4-19-16(3)10-18(13-23(19)32)20-8-9-33-14-25(20)35-29(36)24-7-6-21(30)28(34-24)27-22(31)11-17(12-26(27)38)15-37-5-2/h6-9,11-12,14,16,18-19,23H,4-5,10,13,15,32,38H2,1-3H3,(H,35,36). The summed E-state index contributed by atoms with van der Waals surface area (Å²) in [6.07, 6.45) is 6.15. The fraction of sp³-hybridized carbons (Fsp3) is 0.414. The molecular formula is C29H35F2N4O2P. The molecule has 0 bridgehead atoms. The van der Waals surface area contributed by atoms with Gasteiger partial charge in [0.1, 0.15) is 23.0 Å². The summed E-state index contributed by atoms with van der Waals surface area (Å²) < 4.78 is 35.2. The van der Waals surface area contributed by atoms with Gasteiger partial charge in [0.05, 0.1) is 18.5 Å². The van der Waals surface area contributed by atoms with Gasteiger partial charge in [-0.1, -0.05) is 20.3 Å². The normalized spacial score (nSPS) is 21.3. The number of ether oxygens (including phenoxy) is 1. The van der Waals surface area contributed by atoms with Gasteiger partial charge in [-0.3, -0.25) is 9.78 Å². The molecule has 5 unspecified atom stereocenters. The minimum atomic E-state index is -0.723. The van der Waals surface area contributed by atoms with Crippen molar-refractivity contribution < 1.29 is 18.3 Å². The molecule has 0 radical (unpaired) electrons. The van der Waals surface area contributed by atoms with Crippen molar-refractivity contribution in [1.82, 2.24) is 9.97 Å². The molecular weight excluding hydrogens is 505 g/mol. The first kappa shape index (κ1) is 28.2. The van der Waals surface area contributed by atoms with Crippen LogP contribution in [0, 0.1) is 23.5 Å². The Hall–Kier alpha value is -2.80. The van der Waals surface area contributed by atoms with Crippen LogP contribution in [0.1, 0.15) is 67.6 Å². The maximum atomic E-state index is 15.1. The number of nitrogens with zero attached hydrogens (tertiary/aromatic N) is 2. The lowest BCUT2D eigenvalue weighted by Crippen LogP contribution is -2.40. The van der Waals surface area contributed by atoms with E-state index >= 15 is 4.39 Å². The van der Waals surface area contributed by atoms with Gasteiger partial charge in [0.2, 0.25) is 0 Å². The fourth-order valence-corrected chi connectivity index (χ4v) is 6.13. The summed E-state index contributed by atoms with van der Waals surface area (Å²) in [6.45, 7) is 6.98. The molecule has 1 saturated carbocycles. The number of hydrogen-bond acceptors (Lipinski definition) is 5. The van der Waals surface area contributed by atoms with E-state index in [1.54, 1.807) is 18.5 Å². The Morgan fingerprint density at radius 3 is 2.66 bits per heavy atom. The first-order valence-corrected chi connectivity index (χ1v) is 13.6. The zero-order chi connectivity index (χ0) is 27.4. The van der Waals surface area contributed by atoms with Crippen LogP contribution in [0.4, 0.5) is 14.5 Å². The van der Waals surface area contributed by atoms with Gasteiger partial charge >= 0.3 is 0 Å². The number of hydrogen-bond donors (Lipinski definition) is 2. The summed E-state index contributed by atoms with van der Waals surface area (Å²) >= 11 is 0. The van der Waals surface area contributed by atoms with E-state index in [4.69, 9.17) is 10.5 Å². The second kappa shape index (κ2) is 12.4. The quantitative estimate of drug-likeness (QED) is 0.364. The summed E-state index contributed by atoms with van der Waals surface area (Å²) in [5.41, 5.74) is 8.40. The van der Waals surface area contributed by atoms with Gasteiger partial charge in [0.25, 0.3) is 5.91 Å². The minimum absolute atomic E-state index is 0.0138. The zero-order valence-corrected chi connectivity index (χ0v) is 23.2. The number of pyridine rings is 2. The van der Waals surface area contributed by atoms with E-state index in [2.05, 4.69) is 38.4 Å². The maximum Gasteiger partial charge on any atom is 0.274 e. The molecule has 202 valence electrons. The van der Waals surface area contributed by atoms with E-state index in [0.29, 0.717) is 35.0 Å². The third kappa shape index (κ3) is 6.09. The SMILES string of the molecule is CCOCc1cc(F)c(-c2nc(C(=O)Nc3cnccc3C3CC(C)C(CC)C(N)C3)ccc2F)c(P)c1. The number of amides is 1. The summed E-state index contributed by atoms with van der Waals surface area (Å²) in [7, 11) is 2.41. The van der Waals surface area contributed by atoms with Crippen LogP contribution < -0.4 is 16.4 Å². The second-order valence-electron chi connectivity index (χ2n) is 10.0. The highest BCUT2D eigenvalue weighted by atomic mass is 31.0. The molecule has 4 rings (SSSR count). The predicted octanol–water partition coefficient (Wildman–Crippen LogP) is 5.58. The number of anilines is 1. The Kier molecular flexibility index (Phi) is 9.19. The van der Waals surface area contributed by atoms with E-state index in [1.165, 1.54) is 12.1 Å². The molecule has 3 N–H and O–H groups in total. The number of aromatic nitrogens is 2. The number of benzene rings is 1. The van der Waals surface area contributed by atoms with E-state index in [-0.39, 0.29) is 35.5 Å². The van der Waals surface area contributed by atoms with E-state index in [0.717, 1.165) is 30.9 Å². The number of nitrogens with one attached hydrogen (secondary N) is 1. The molecule has 0 spiro atoms. The Balaban J connectivity index is 1.60. The third-order valence-electron chi connectivity index (χ3n) is 7.48. The van der Waals surface area contributed by atoms with Crippen molar-refractivity contribution >= 4 is 26.1 Å². The van der Waals surface area contributed by atoms with Crippen molar-refractivity contribution in [3.05, 3.63) is 71.2 Å². The lowest BCUT2D eigenvalue weighted by molar-refractivity contribution is 0.102. The monoisotopic (exact) mass is 540 g/mol. The van der Waals surface area contributed by atoms with Crippen molar-refractivity contribution in [3.63, 3.8) is 0 Å². The van der Waals surface area contributed by atoms with Crippen LogP contribution in [0.15, 0.2) is 42.7 Å². The molecule has 9 heteroatoms. The molecule has 1 fully saturated rings. The first-order chi connectivity index (χ1) is 18.2. The molecule has 1 amide bonds. The lowest BCUT2D eigenvalue weighted by atomic mass is 9.69. The van der Waals surface area contributed by atoms with Crippen LogP contribution in [0.3, 0.4) is 0 Å². The highest BCUT2D eigenvalue weighted by Gasteiger charge is 2.34. The minimum Gasteiger partial charge on any atom is -0.377 e. The number of rotatable bonds is 8. The highest BCUT2D eigenvalue weighted by Crippen LogP contribution is 2.42. The number of halogens is 2. The molecule has 0 saturated heterocycles. The Morgan fingerprint density at radius 2 is 1.97 bits per heavy atom. The van der Waals surface area contributed by atoms with E-state index < -0.39 is 17.5 Å². The van der Waals surface area contributed by atoms with Crippen molar-refractivity contribution in [1.29, 1.82) is 0 Å². The Bertz CT molecular complexity index is 1270. The molecule has 1 aromatic carbocycles. The number of nitrogens with two attached hydrogens (primary N) is 1. The van der Waals surface area contributed by atoms with Crippen LogP contribution in [0.5, 0.6) is 0 Å². The molecule has 1 aliphatic rings. The van der Waals surface area contributed by atoms with Crippen LogP contribution in [0.2, 0.25) is 0 Å². The molecule has 5 atom stereocenters. The first-order valence-electron chi connectivity index (χ1n) is 13.1. The van der Waals surface area contributed by atoms with Gasteiger partial charge in [0, 0.05) is 24.4 Å². The summed E-state index contributed by atoms with van der Waals surface area (Å²) in [4.78, 5) is 21.7. The predicted molar refractivity (Wildman–Crippen MR) is 149 cm³/mol. The summed E-state index contributed by atoms with van der Waals surface area (Å²) in [6, 6.07) is 7.42. The van der Waals surface area contributed by atoms with Gasteiger partial charge in [-0.05, 0) is 84.3 Å². The highest BCUT2D eigenvalue weighted by molar-refractivity contribution is 7.28. The van der Waals surface area contributed by atoms with Crippen molar-refractivity contribution in [2.45, 2.75) is 58.6 Å². The van der Waals surface area contributed by atoms with E-state index in [9.17, 15) is 9.18 Å². The molecule has 6 nitrogen and oxygen atoms in total. The van der Waals surface area contributed by atoms with Gasteiger partial charge in [-0.2, -0.15) is 0 Å². The molecule has 3 aromatic rings. The Labute approximate surface area is 225 Å². The van der Waals surface area contributed by atoms with Gasteiger partial charge in [-0.25, -0.2) is 13.8 Å². The smallest absolute Gasteiger partial charge is 0.274 e. The molecule has 2 heterocycles. The van der Waals surface area contributed by atoms with Crippen molar-refractivity contribution in [3.8, 4) is 11.3 Å². The lowest BCUT2D eigenvalue weighted by Gasteiger charge is -2.39. The van der Waals surface area contributed by atoms with Gasteiger partial charge in [0.15, 0.2) is 0 Å². The van der Waals surface area contributed by atoms with Gasteiger partial charge < -0.3 is 15.8 Å². The average Bonchev–Trinajstić information content (AvgIpc) is 2.88. The zero-order valence-electron chi connectivity index (χ0n) is 22.0. The third-order valence-corrected chi connectivity index (χ3v) is 7.93. The average molecular weight is 541 g/mol. The maximum absolute atomic E-state index is 15.1. The van der Waals surface area contributed by atoms with Crippen molar-refractivity contribution in [2.24, 2.45) is 17.6 Å². The Morgan fingerprint density at radius 1 is 1.18 bits per heavy atom. The molecule has 0 aliphatic heterocycles. The van der Waals surface area contributed by atoms with Crippen LogP contribution in [-0.4, -0.2) is 28.5 Å². The van der Waals surface area contributed by atoms with Crippen molar-refractivity contribution in [2.75, 3.05) is 11.9 Å². The van der Waals surface area contributed by atoms with E-state index in [1.807, 2.05) is 13.0 Å². The largest absolute Gasteiger partial charge is 0.377 e. The second-order valence-corrected chi connectivity index (χ2v) is 10.6. The van der Waals surface area contributed by atoms with Crippen LogP contribution in [0.25, 0.3) is 11.3 Å². The molecule has 1 aliphatic carbocycles. The number of carbonyl (C=O) groups excluding carboxylic acids is 1.